The zero-order valence-corrected chi connectivity index (χ0v) is 12.0. The molecule has 0 aliphatic carbocycles. The summed E-state index contributed by atoms with van der Waals surface area (Å²) in [6.07, 6.45) is 0.948. The van der Waals surface area contributed by atoms with Gasteiger partial charge >= 0.3 is 0 Å². The van der Waals surface area contributed by atoms with Crippen LogP contribution in [-0.4, -0.2) is 27.6 Å². The summed E-state index contributed by atoms with van der Waals surface area (Å²) in [5.74, 6) is -0.397. The molecule has 9 heteroatoms. The second-order valence-corrected chi connectivity index (χ2v) is 5.07. The molecule has 1 amide bonds. The average Bonchev–Trinajstić information content (AvgIpc) is 2.94. The van der Waals surface area contributed by atoms with Crippen LogP contribution >= 0.6 is 11.3 Å². The van der Waals surface area contributed by atoms with E-state index in [0.29, 0.717) is 10.8 Å². The largest absolute Gasteiger partial charge is 0.360 e. The second-order valence-electron chi connectivity index (χ2n) is 4.10. The van der Waals surface area contributed by atoms with E-state index in [0.717, 1.165) is 24.3 Å². The molecular formula is C12H13N5O3S. The highest BCUT2D eigenvalue weighted by Crippen LogP contribution is 2.19. The number of benzene rings is 1. The molecule has 0 aliphatic rings. The van der Waals surface area contributed by atoms with Crippen molar-refractivity contribution >= 4 is 33.8 Å². The summed E-state index contributed by atoms with van der Waals surface area (Å²) in [5.41, 5.74) is 0.429. The first-order chi connectivity index (χ1) is 10.1. The van der Waals surface area contributed by atoms with Crippen molar-refractivity contribution in [1.82, 2.24) is 10.2 Å². The third-order valence-electron chi connectivity index (χ3n) is 2.48. The summed E-state index contributed by atoms with van der Waals surface area (Å²) < 4.78 is 0. The molecule has 1 aromatic carbocycles. The zero-order valence-electron chi connectivity index (χ0n) is 11.2. The van der Waals surface area contributed by atoms with Crippen molar-refractivity contribution in [1.29, 1.82) is 0 Å². The highest BCUT2D eigenvalue weighted by molar-refractivity contribution is 7.17. The molecule has 1 aromatic heterocycles. The highest BCUT2D eigenvalue weighted by atomic mass is 32.1. The van der Waals surface area contributed by atoms with E-state index in [1.165, 1.54) is 24.3 Å². The second kappa shape index (κ2) is 6.75. The number of hydrogen-bond acceptors (Lipinski definition) is 7. The highest BCUT2D eigenvalue weighted by Gasteiger charge is 2.13. The predicted octanol–water partition coefficient (Wildman–Crippen LogP) is 2.52. The van der Waals surface area contributed by atoms with Crippen molar-refractivity contribution in [2.75, 3.05) is 17.2 Å². The fraction of sp³-hybridized carbons (Fsp3) is 0.250. The van der Waals surface area contributed by atoms with Crippen LogP contribution in [0.2, 0.25) is 0 Å². The SMILES string of the molecule is CCCNc1nnc(C(=O)Nc2ccc([N+](=O)[O-])cc2)s1. The standard InChI is InChI=1S/C12H13N5O3S/c1-2-7-13-12-16-15-11(21-12)10(18)14-8-3-5-9(6-4-8)17(19)20/h3-6H,2,7H2,1H3,(H,13,16)(H,14,18). The van der Waals surface area contributed by atoms with Crippen molar-refractivity contribution in [3.8, 4) is 0 Å². The molecule has 0 saturated carbocycles. The van der Waals surface area contributed by atoms with Gasteiger partial charge in [0.2, 0.25) is 10.1 Å². The average molecular weight is 307 g/mol. The number of carbonyl (C=O) groups is 1. The molecule has 2 N–H and O–H groups in total. The molecule has 0 radical (unpaired) electrons. The molecule has 0 spiro atoms. The van der Waals surface area contributed by atoms with Gasteiger partial charge in [-0.1, -0.05) is 18.3 Å². The molecule has 0 bridgehead atoms. The van der Waals surface area contributed by atoms with Crippen LogP contribution in [0.1, 0.15) is 23.1 Å². The summed E-state index contributed by atoms with van der Waals surface area (Å²) in [6.45, 7) is 2.79. The summed E-state index contributed by atoms with van der Waals surface area (Å²) in [4.78, 5) is 22.0. The normalized spacial score (nSPS) is 10.1. The van der Waals surface area contributed by atoms with E-state index in [9.17, 15) is 14.9 Å². The van der Waals surface area contributed by atoms with Gasteiger partial charge in [-0.25, -0.2) is 0 Å². The molecule has 0 unspecified atom stereocenters. The van der Waals surface area contributed by atoms with Gasteiger partial charge in [-0.15, -0.1) is 10.2 Å². The van der Waals surface area contributed by atoms with E-state index in [1.807, 2.05) is 6.92 Å². The van der Waals surface area contributed by atoms with E-state index in [-0.39, 0.29) is 10.7 Å². The number of aromatic nitrogens is 2. The molecule has 2 aromatic rings. The van der Waals surface area contributed by atoms with Gasteiger partial charge in [-0.05, 0) is 18.6 Å². The fourth-order valence-electron chi connectivity index (χ4n) is 1.47. The van der Waals surface area contributed by atoms with Crippen molar-refractivity contribution in [3.63, 3.8) is 0 Å². The molecule has 0 atom stereocenters. The minimum Gasteiger partial charge on any atom is -0.360 e. The van der Waals surface area contributed by atoms with E-state index in [1.54, 1.807) is 0 Å². The van der Waals surface area contributed by atoms with Crippen LogP contribution in [0.25, 0.3) is 0 Å². The van der Waals surface area contributed by atoms with Gasteiger partial charge in [-0.3, -0.25) is 14.9 Å². The van der Waals surface area contributed by atoms with Crippen LogP contribution in [0.5, 0.6) is 0 Å². The number of nitro benzene ring substituents is 1. The van der Waals surface area contributed by atoms with E-state index < -0.39 is 10.8 Å². The summed E-state index contributed by atoms with van der Waals surface area (Å²) in [7, 11) is 0. The first kappa shape index (κ1) is 14.9. The lowest BCUT2D eigenvalue weighted by molar-refractivity contribution is -0.384. The van der Waals surface area contributed by atoms with Crippen LogP contribution in [0, 0.1) is 10.1 Å². The Hall–Kier alpha value is -2.55. The number of nitro groups is 1. The van der Waals surface area contributed by atoms with Crippen LogP contribution in [0.3, 0.4) is 0 Å². The molecule has 0 saturated heterocycles. The number of nitrogens with one attached hydrogen (secondary N) is 2. The quantitative estimate of drug-likeness (QED) is 0.626. The van der Waals surface area contributed by atoms with Crippen LogP contribution < -0.4 is 10.6 Å². The van der Waals surface area contributed by atoms with Gasteiger partial charge in [0.25, 0.3) is 11.6 Å². The minimum atomic E-state index is -0.498. The van der Waals surface area contributed by atoms with Gasteiger partial charge in [0.1, 0.15) is 0 Å². The maximum atomic E-state index is 12.0. The monoisotopic (exact) mass is 307 g/mol. The summed E-state index contributed by atoms with van der Waals surface area (Å²) in [5, 5.41) is 24.7. The minimum absolute atomic E-state index is 0.0324. The first-order valence-corrected chi connectivity index (χ1v) is 7.05. The topological polar surface area (TPSA) is 110 Å². The Balaban J connectivity index is 2.00. The number of non-ortho nitro benzene ring substituents is 1. The first-order valence-electron chi connectivity index (χ1n) is 6.23. The van der Waals surface area contributed by atoms with Gasteiger partial charge in [-0.2, -0.15) is 0 Å². The summed E-state index contributed by atoms with van der Waals surface area (Å²) in [6, 6.07) is 5.58. The van der Waals surface area contributed by atoms with Crippen LogP contribution in [0.15, 0.2) is 24.3 Å². The molecule has 110 valence electrons. The van der Waals surface area contributed by atoms with Crippen molar-refractivity contribution in [2.45, 2.75) is 13.3 Å². The molecular weight excluding hydrogens is 294 g/mol. The maximum absolute atomic E-state index is 12.0. The third kappa shape index (κ3) is 3.96. The molecule has 2 rings (SSSR count). The number of rotatable bonds is 6. The van der Waals surface area contributed by atoms with Gasteiger partial charge in [0, 0.05) is 24.4 Å². The molecule has 0 aliphatic heterocycles. The number of carbonyl (C=O) groups excluding carboxylic acids is 1. The number of amides is 1. The number of anilines is 2. The lowest BCUT2D eigenvalue weighted by Gasteiger charge is -2.01. The van der Waals surface area contributed by atoms with Gasteiger partial charge < -0.3 is 10.6 Å². The Morgan fingerprint density at radius 1 is 1.33 bits per heavy atom. The summed E-state index contributed by atoms with van der Waals surface area (Å²) >= 11 is 1.15. The van der Waals surface area contributed by atoms with E-state index in [2.05, 4.69) is 20.8 Å². The number of nitrogens with zero attached hydrogens (tertiary/aromatic N) is 3. The molecule has 21 heavy (non-hydrogen) atoms. The molecule has 8 nitrogen and oxygen atoms in total. The lowest BCUT2D eigenvalue weighted by atomic mass is 10.3. The Morgan fingerprint density at radius 2 is 2.05 bits per heavy atom. The van der Waals surface area contributed by atoms with E-state index >= 15 is 0 Å². The zero-order chi connectivity index (χ0) is 15.2. The van der Waals surface area contributed by atoms with E-state index in [4.69, 9.17) is 0 Å². The van der Waals surface area contributed by atoms with Crippen molar-refractivity contribution in [2.24, 2.45) is 0 Å². The van der Waals surface area contributed by atoms with Crippen molar-refractivity contribution in [3.05, 3.63) is 39.4 Å². The smallest absolute Gasteiger partial charge is 0.286 e. The maximum Gasteiger partial charge on any atom is 0.286 e. The Bertz CT molecular complexity index is 641. The fourth-order valence-corrected chi connectivity index (χ4v) is 2.13. The van der Waals surface area contributed by atoms with Crippen LogP contribution in [-0.2, 0) is 0 Å². The Kier molecular flexibility index (Phi) is 4.77. The van der Waals surface area contributed by atoms with Gasteiger partial charge in [0.05, 0.1) is 4.92 Å². The van der Waals surface area contributed by atoms with Crippen molar-refractivity contribution < 1.29 is 9.72 Å². The lowest BCUT2D eigenvalue weighted by Crippen LogP contribution is -2.11. The van der Waals surface area contributed by atoms with Crippen LogP contribution in [0.4, 0.5) is 16.5 Å². The number of hydrogen-bond donors (Lipinski definition) is 2. The molecule has 1 heterocycles. The third-order valence-corrected chi connectivity index (χ3v) is 3.36. The molecule has 0 fully saturated rings. The van der Waals surface area contributed by atoms with Gasteiger partial charge in [0.15, 0.2) is 0 Å². The Morgan fingerprint density at radius 3 is 2.67 bits per heavy atom. The predicted molar refractivity (Wildman–Crippen MR) is 79.7 cm³/mol. The Labute approximate surface area is 124 Å².